The van der Waals surface area contributed by atoms with Gasteiger partial charge in [0.05, 0.1) is 12.2 Å². The molecule has 2 heterocycles. The summed E-state index contributed by atoms with van der Waals surface area (Å²) in [5.74, 6) is 0.0629. The summed E-state index contributed by atoms with van der Waals surface area (Å²) < 4.78 is 1.94. The van der Waals surface area contributed by atoms with Crippen LogP contribution in [0.3, 0.4) is 0 Å². The van der Waals surface area contributed by atoms with Crippen molar-refractivity contribution >= 4 is 12.0 Å². The predicted octanol–water partition coefficient (Wildman–Crippen LogP) is 3.39. The zero-order chi connectivity index (χ0) is 20.1. The van der Waals surface area contributed by atoms with Gasteiger partial charge in [0.2, 0.25) is 5.91 Å². The summed E-state index contributed by atoms with van der Waals surface area (Å²) in [5.41, 5.74) is 4.09. The molecule has 2 aromatic carbocycles. The second-order valence-corrected chi connectivity index (χ2v) is 7.44. The zero-order valence-electron chi connectivity index (χ0n) is 16.7. The van der Waals surface area contributed by atoms with Crippen molar-refractivity contribution in [2.24, 2.45) is 0 Å². The molecule has 1 aliphatic rings. The number of hydrogen-bond acceptors (Lipinski definition) is 3. The van der Waals surface area contributed by atoms with Crippen molar-refractivity contribution in [1.29, 1.82) is 0 Å². The average Bonchev–Trinajstić information content (AvgIpc) is 3.16. The van der Waals surface area contributed by atoms with Gasteiger partial charge >= 0.3 is 0 Å². The smallest absolute Gasteiger partial charge is 0.246 e. The molecule has 0 bridgehead atoms. The standard InChI is InChI=1S/C24H26N4O/c1-26-14-16-27(17-15-26)23(29)13-12-22-19-28(18-20-8-4-2-5-9-20)25-24(22)21-10-6-3-7-11-21/h2-13,19H,14-18H2,1H3/b13-12+. The molecule has 148 valence electrons. The van der Waals surface area contributed by atoms with Gasteiger partial charge in [0.1, 0.15) is 0 Å². The van der Waals surface area contributed by atoms with E-state index >= 15 is 0 Å². The number of carbonyl (C=O) groups excluding carboxylic acids is 1. The lowest BCUT2D eigenvalue weighted by molar-refractivity contribution is -0.127. The van der Waals surface area contributed by atoms with E-state index in [0.717, 1.165) is 43.0 Å². The van der Waals surface area contributed by atoms with E-state index in [1.165, 1.54) is 5.56 Å². The number of nitrogens with zero attached hydrogens (tertiary/aromatic N) is 4. The van der Waals surface area contributed by atoms with Gasteiger partial charge in [-0.3, -0.25) is 9.48 Å². The molecule has 0 atom stereocenters. The van der Waals surface area contributed by atoms with Crippen LogP contribution in [0.4, 0.5) is 0 Å². The number of carbonyl (C=O) groups is 1. The van der Waals surface area contributed by atoms with Gasteiger partial charge in [-0.2, -0.15) is 5.10 Å². The second kappa shape index (κ2) is 8.88. The van der Waals surface area contributed by atoms with Crippen LogP contribution in [0.1, 0.15) is 11.1 Å². The molecule has 4 rings (SSSR count). The van der Waals surface area contributed by atoms with E-state index in [4.69, 9.17) is 5.10 Å². The maximum Gasteiger partial charge on any atom is 0.246 e. The van der Waals surface area contributed by atoms with Crippen LogP contribution in [0, 0.1) is 0 Å². The van der Waals surface area contributed by atoms with Crippen molar-refractivity contribution in [2.45, 2.75) is 6.54 Å². The van der Waals surface area contributed by atoms with Crippen LogP contribution in [-0.2, 0) is 11.3 Å². The van der Waals surface area contributed by atoms with E-state index in [1.807, 2.05) is 58.3 Å². The van der Waals surface area contributed by atoms with Gasteiger partial charge in [0.25, 0.3) is 0 Å². The van der Waals surface area contributed by atoms with Gasteiger partial charge in [0, 0.05) is 49.6 Å². The molecular weight excluding hydrogens is 360 g/mol. The van der Waals surface area contributed by atoms with Crippen molar-refractivity contribution in [1.82, 2.24) is 19.6 Å². The highest BCUT2D eigenvalue weighted by Crippen LogP contribution is 2.23. The Balaban J connectivity index is 1.58. The Bertz CT molecular complexity index is 971. The topological polar surface area (TPSA) is 41.4 Å². The number of benzene rings is 2. The third kappa shape index (κ3) is 4.81. The second-order valence-electron chi connectivity index (χ2n) is 7.44. The molecule has 0 N–H and O–H groups in total. The summed E-state index contributed by atoms with van der Waals surface area (Å²) >= 11 is 0. The molecule has 5 nitrogen and oxygen atoms in total. The molecule has 1 aromatic heterocycles. The Morgan fingerprint density at radius 2 is 1.62 bits per heavy atom. The van der Waals surface area contributed by atoms with Gasteiger partial charge in [-0.15, -0.1) is 0 Å². The highest BCUT2D eigenvalue weighted by atomic mass is 16.2. The first-order chi connectivity index (χ1) is 14.2. The van der Waals surface area contributed by atoms with Gasteiger partial charge < -0.3 is 9.80 Å². The molecule has 1 amide bonds. The van der Waals surface area contributed by atoms with Gasteiger partial charge in [0.15, 0.2) is 0 Å². The van der Waals surface area contributed by atoms with Crippen LogP contribution in [0.5, 0.6) is 0 Å². The number of likely N-dealkylation sites (N-methyl/N-ethyl adjacent to an activating group) is 1. The van der Waals surface area contributed by atoms with Crippen LogP contribution in [0.15, 0.2) is 72.9 Å². The molecule has 29 heavy (non-hydrogen) atoms. The van der Waals surface area contributed by atoms with Crippen molar-refractivity contribution in [3.05, 3.63) is 84.1 Å². The summed E-state index contributed by atoms with van der Waals surface area (Å²) in [4.78, 5) is 16.8. The minimum absolute atomic E-state index is 0.0629. The third-order valence-corrected chi connectivity index (χ3v) is 5.25. The average molecular weight is 386 g/mol. The normalized spacial score (nSPS) is 15.1. The molecule has 1 aliphatic heterocycles. The van der Waals surface area contributed by atoms with Gasteiger partial charge in [-0.25, -0.2) is 0 Å². The molecule has 1 fully saturated rings. The van der Waals surface area contributed by atoms with Gasteiger partial charge in [-0.05, 0) is 18.7 Å². The highest BCUT2D eigenvalue weighted by molar-refractivity contribution is 5.93. The first-order valence-electron chi connectivity index (χ1n) is 10.0. The van der Waals surface area contributed by atoms with Crippen molar-refractivity contribution < 1.29 is 4.79 Å². The van der Waals surface area contributed by atoms with E-state index in [2.05, 4.69) is 36.2 Å². The Kier molecular flexibility index (Phi) is 5.86. The van der Waals surface area contributed by atoms with Gasteiger partial charge in [-0.1, -0.05) is 60.7 Å². The molecule has 0 spiro atoms. The fraction of sp³-hybridized carbons (Fsp3) is 0.250. The molecule has 0 unspecified atom stereocenters. The summed E-state index contributed by atoms with van der Waals surface area (Å²) in [6.07, 6.45) is 5.60. The van der Waals surface area contributed by atoms with Crippen LogP contribution in [0.25, 0.3) is 17.3 Å². The van der Waals surface area contributed by atoms with E-state index < -0.39 is 0 Å². The number of amides is 1. The zero-order valence-corrected chi connectivity index (χ0v) is 16.7. The van der Waals surface area contributed by atoms with E-state index in [9.17, 15) is 4.79 Å². The van der Waals surface area contributed by atoms with E-state index in [1.54, 1.807) is 6.08 Å². The third-order valence-electron chi connectivity index (χ3n) is 5.25. The number of rotatable bonds is 5. The predicted molar refractivity (Wildman–Crippen MR) is 116 cm³/mol. The summed E-state index contributed by atoms with van der Waals surface area (Å²) in [6, 6.07) is 20.4. The molecule has 1 saturated heterocycles. The lowest BCUT2D eigenvalue weighted by atomic mass is 10.1. The first kappa shape index (κ1) is 19.2. The largest absolute Gasteiger partial charge is 0.337 e. The fourth-order valence-corrected chi connectivity index (χ4v) is 3.52. The Morgan fingerprint density at radius 3 is 2.31 bits per heavy atom. The van der Waals surface area contributed by atoms with Crippen LogP contribution in [-0.4, -0.2) is 58.7 Å². The van der Waals surface area contributed by atoms with Crippen molar-refractivity contribution in [3.63, 3.8) is 0 Å². The molecular formula is C24H26N4O. The SMILES string of the molecule is CN1CCN(C(=O)/C=C/c2cn(Cc3ccccc3)nc2-c2ccccc2)CC1. The van der Waals surface area contributed by atoms with Crippen molar-refractivity contribution in [3.8, 4) is 11.3 Å². The lowest BCUT2D eigenvalue weighted by Crippen LogP contribution is -2.46. The van der Waals surface area contributed by atoms with Crippen LogP contribution >= 0.6 is 0 Å². The maximum absolute atomic E-state index is 12.6. The number of piperazine rings is 1. The van der Waals surface area contributed by atoms with E-state index in [0.29, 0.717) is 6.54 Å². The molecule has 5 heteroatoms. The number of hydrogen-bond donors (Lipinski definition) is 0. The lowest BCUT2D eigenvalue weighted by Gasteiger charge is -2.31. The monoisotopic (exact) mass is 386 g/mol. The first-order valence-corrected chi connectivity index (χ1v) is 10.0. The number of aromatic nitrogens is 2. The van der Waals surface area contributed by atoms with E-state index in [-0.39, 0.29) is 5.91 Å². The molecule has 0 saturated carbocycles. The Labute approximate surface area is 171 Å². The van der Waals surface area contributed by atoms with Crippen LogP contribution < -0.4 is 0 Å². The minimum atomic E-state index is 0.0629. The van der Waals surface area contributed by atoms with Crippen molar-refractivity contribution in [2.75, 3.05) is 33.2 Å². The highest BCUT2D eigenvalue weighted by Gasteiger charge is 2.17. The quantitative estimate of drug-likeness (QED) is 0.631. The Morgan fingerprint density at radius 1 is 0.966 bits per heavy atom. The Hall–Kier alpha value is -3.18. The summed E-state index contributed by atoms with van der Waals surface area (Å²) in [7, 11) is 2.09. The minimum Gasteiger partial charge on any atom is -0.337 e. The summed E-state index contributed by atoms with van der Waals surface area (Å²) in [5, 5.41) is 4.81. The molecule has 3 aromatic rings. The molecule has 0 aliphatic carbocycles. The maximum atomic E-state index is 12.6. The molecule has 0 radical (unpaired) electrons. The fourth-order valence-electron chi connectivity index (χ4n) is 3.52. The summed E-state index contributed by atoms with van der Waals surface area (Å²) in [6.45, 7) is 4.09. The van der Waals surface area contributed by atoms with Crippen LogP contribution in [0.2, 0.25) is 0 Å².